The highest BCUT2D eigenvalue weighted by molar-refractivity contribution is 7.78. The minimum Gasteiger partial charge on any atom is -0.457 e. The molecule has 0 spiro atoms. The Morgan fingerprint density at radius 3 is 1.78 bits per heavy atom. The Morgan fingerprint density at radius 1 is 0.957 bits per heavy atom. The molecule has 0 bridgehead atoms. The van der Waals surface area contributed by atoms with Crippen molar-refractivity contribution in [3.05, 3.63) is 72.7 Å². The fourth-order valence-corrected chi connectivity index (χ4v) is 4.68. The topological polar surface area (TPSA) is 46.2 Å². The third-order valence-corrected chi connectivity index (χ3v) is 6.23. The van der Waals surface area contributed by atoms with Gasteiger partial charge in [0.25, 0.3) is 0 Å². The molecule has 0 fully saturated rings. The first kappa shape index (κ1) is 17.4. The number of ether oxygens (including phenoxy) is 1. The van der Waals surface area contributed by atoms with Crippen LogP contribution in [0.5, 0.6) is 0 Å². The second kappa shape index (κ2) is 7.06. The zero-order chi connectivity index (χ0) is 16.9. The third-order valence-electron chi connectivity index (χ3n) is 3.27. The van der Waals surface area contributed by atoms with E-state index in [0.717, 1.165) is 10.6 Å². The SMILES string of the molecule is CC(C)(C)OC([O])=CCP(=O)(c1ccccc1)c1ccccc1. The zero-order valence-corrected chi connectivity index (χ0v) is 14.6. The summed E-state index contributed by atoms with van der Waals surface area (Å²) >= 11 is 0. The lowest BCUT2D eigenvalue weighted by atomic mass is 10.2. The van der Waals surface area contributed by atoms with Crippen LogP contribution in [0.4, 0.5) is 0 Å². The van der Waals surface area contributed by atoms with E-state index in [2.05, 4.69) is 0 Å². The van der Waals surface area contributed by atoms with Crippen LogP contribution in [0, 0.1) is 0 Å². The van der Waals surface area contributed by atoms with Gasteiger partial charge in [0.1, 0.15) is 12.7 Å². The van der Waals surface area contributed by atoms with Gasteiger partial charge in [0.15, 0.2) is 0 Å². The maximum Gasteiger partial charge on any atom is 0.327 e. The molecule has 0 aromatic heterocycles. The molecule has 121 valence electrons. The van der Waals surface area contributed by atoms with Gasteiger partial charge in [0.05, 0.1) is 0 Å². The van der Waals surface area contributed by atoms with E-state index in [-0.39, 0.29) is 6.16 Å². The van der Waals surface area contributed by atoms with Crippen LogP contribution in [0.2, 0.25) is 0 Å². The molecular weight excluding hydrogens is 307 g/mol. The molecule has 2 aromatic rings. The molecule has 0 aliphatic rings. The van der Waals surface area contributed by atoms with Crippen molar-refractivity contribution in [2.45, 2.75) is 26.4 Å². The van der Waals surface area contributed by atoms with Crippen LogP contribution in [-0.2, 0) is 14.4 Å². The molecule has 0 aliphatic heterocycles. The summed E-state index contributed by atoms with van der Waals surface area (Å²) in [6.45, 7) is 5.44. The summed E-state index contributed by atoms with van der Waals surface area (Å²) in [5.74, 6) is -0.440. The number of benzene rings is 2. The quantitative estimate of drug-likeness (QED) is 0.613. The van der Waals surface area contributed by atoms with Gasteiger partial charge in [-0.1, -0.05) is 60.7 Å². The van der Waals surface area contributed by atoms with Gasteiger partial charge < -0.3 is 9.30 Å². The minimum absolute atomic E-state index is 0.149. The molecule has 0 saturated carbocycles. The first-order valence-electron chi connectivity index (χ1n) is 7.58. The zero-order valence-electron chi connectivity index (χ0n) is 13.7. The van der Waals surface area contributed by atoms with E-state index in [1.807, 2.05) is 81.4 Å². The molecular formula is C19H22O3P. The molecule has 4 heteroatoms. The Balaban J connectivity index is 2.37. The first-order valence-corrected chi connectivity index (χ1v) is 9.47. The Labute approximate surface area is 138 Å². The molecule has 0 unspecified atom stereocenters. The Hall–Kier alpha value is -1.99. The maximum atomic E-state index is 13.6. The highest BCUT2D eigenvalue weighted by atomic mass is 31.2. The summed E-state index contributed by atoms with van der Waals surface area (Å²) in [5, 5.41) is 13.5. The van der Waals surface area contributed by atoms with Crippen molar-refractivity contribution in [2.75, 3.05) is 6.16 Å². The smallest absolute Gasteiger partial charge is 0.327 e. The van der Waals surface area contributed by atoms with Crippen molar-refractivity contribution in [2.24, 2.45) is 0 Å². The number of hydrogen-bond donors (Lipinski definition) is 0. The van der Waals surface area contributed by atoms with E-state index in [0.29, 0.717) is 0 Å². The molecule has 1 radical (unpaired) electrons. The lowest BCUT2D eigenvalue weighted by Gasteiger charge is -2.20. The highest BCUT2D eigenvalue weighted by Crippen LogP contribution is 2.43. The first-order chi connectivity index (χ1) is 10.8. The average molecular weight is 329 g/mol. The molecule has 0 amide bonds. The Kier molecular flexibility index (Phi) is 5.33. The van der Waals surface area contributed by atoms with Crippen molar-refractivity contribution in [3.63, 3.8) is 0 Å². The van der Waals surface area contributed by atoms with Crippen LogP contribution >= 0.6 is 7.14 Å². The van der Waals surface area contributed by atoms with Crippen molar-refractivity contribution >= 4 is 17.8 Å². The summed E-state index contributed by atoms with van der Waals surface area (Å²) < 4.78 is 18.9. The van der Waals surface area contributed by atoms with Gasteiger partial charge in [-0.25, -0.2) is 5.11 Å². The van der Waals surface area contributed by atoms with Gasteiger partial charge >= 0.3 is 5.95 Å². The normalized spacial score (nSPS) is 12.9. The van der Waals surface area contributed by atoms with Crippen LogP contribution in [0.15, 0.2) is 72.7 Å². The summed E-state index contributed by atoms with van der Waals surface area (Å²) in [6, 6.07) is 18.6. The van der Waals surface area contributed by atoms with E-state index in [1.165, 1.54) is 6.08 Å². The lowest BCUT2D eigenvalue weighted by Crippen LogP contribution is -2.20. The molecule has 23 heavy (non-hydrogen) atoms. The van der Waals surface area contributed by atoms with Crippen LogP contribution in [0.25, 0.3) is 0 Å². The summed E-state index contributed by atoms with van der Waals surface area (Å²) in [6.07, 6.45) is 1.54. The Bertz CT molecular complexity index is 657. The molecule has 0 heterocycles. The lowest BCUT2D eigenvalue weighted by molar-refractivity contribution is -0.0379. The van der Waals surface area contributed by atoms with Gasteiger partial charge in [0, 0.05) is 22.8 Å². The van der Waals surface area contributed by atoms with Crippen molar-refractivity contribution in [1.82, 2.24) is 0 Å². The molecule has 0 atom stereocenters. The van der Waals surface area contributed by atoms with Crippen LogP contribution in [0.1, 0.15) is 20.8 Å². The molecule has 2 aromatic carbocycles. The van der Waals surface area contributed by atoms with Crippen molar-refractivity contribution in [1.29, 1.82) is 0 Å². The van der Waals surface area contributed by atoms with E-state index in [1.54, 1.807) is 0 Å². The third kappa shape index (κ3) is 4.74. The molecule has 3 nitrogen and oxygen atoms in total. The maximum absolute atomic E-state index is 13.6. The fraction of sp³-hybridized carbons (Fsp3) is 0.263. The van der Waals surface area contributed by atoms with E-state index in [4.69, 9.17) is 4.74 Å². The van der Waals surface area contributed by atoms with Gasteiger partial charge in [0.2, 0.25) is 0 Å². The van der Waals surface area contributed by atoms with Crippen LogP contribution in [0.3, 0.4) is 0 Å². The predicted octanol–water partition coefficient (Wildman–Crippen LogP) is 4.09. The highest BCUT2D eigenvalue weighted by Gasteiger charge is 2.26. The largest absolute Gasteiger partial charge is 0.457 e. The number of hydrogen-bond acceptors (Lipinski definition) is 2. The van der Waals surface area contributed by atoms with Gasteiger partial charge in [-0.15, -0.1) is 0 Å². The van der Waals surface area contributed by atoms with E-state index in [9.17, 15) is 9.67 Å². The van der Waals surface area contributed by atoms with Crippen LogP contribution < -0.4 is 10.6 Å². The van der Waals surface area contributed by atoms with E-state index < -0.39 is 18.7 Å². The van der Waals surface area contributed by atoms with Crippen molar-refractivity contribution < 1.29 is 14.4 Å². The van der Waals surface area contributed by atoms with Gasteiger partial charge in [-0.3, -0.25) is 0 Å². The number of allylic oxidation sites excluding steroid dienone is 1. The number of rotatable bonds is 5. The minimum atomic E-state index is -2.90. The molecule has 0 saturated heterocycles. The molecule has 2 rings (SSSR count). The van der Waals surface area contributed by atoms with Crippen molar-refractivity contribution in [3.8, 4) is 0 Å². The summed E-state index contributed by atoms with van der Waals surface area (Å²) in [4.78, 5) is 0. The predicted molar refractivity (Wildman–Crippen MR) is 94.2 cm³/mol. The molecule has 0 aliphatic carbocycles. The standard InChI is InChI=1S/C19H22O3P/c1-19(2,3)22-18(20)14-15-23(21,16-10-6-4-7-11-16)17-12-8-5-9-13-17/h4-14H,15H2,1-3H3. The average Bonchev–Trinajstić information content (AvgIpc) is 2.53. The van der Waals surface area contributed by atoms with E-state index >= 15 is 0 Å². The van der Waals surface area contributed by atoms with Gasteiger partial charge in [-0.05, 0) is 20.8 Å². The summed E-state index contributed by atoms with van der Waals surface area (Å²) in [7, 11) is -2.90. The second-order valence-electron chi connectivity index (χ2n) is 6.33. The Morgan fingerprint density at radius 2 is 1.39 bits per heavy atom. The molecule has 0 N–H and O–H groups in total. The monoisotopic (exact) mass is 329 g/mol. The van der Waals surface area contributed by atoms with Gasteiger partial charge in [-0.2, -0.15) is 0 Å². The van der Waals surface area contributed by atoms with Crippen LogP contribution in [-0.4, -0.2) is 11.8 Å². The fourth-order valence-electron chi connectivity index (χ4n) is 2.24. The second-order valence-corrected chi connectivity index (χ2v) is 9.21. The summed E-state index contributed by atoms with van der Waals surface area (Å²) in [5.41, 5.74) is -0.558.